The zero-order valence-electron chi connectivity index (χ0n) is 26.5. The molecule has 0 radical (unpaired) electrons. The normalized spacial score (nSPS) is 28.2. The molecule has 1 fully saturated rings. The molecule has 0 spiro atoms. The highest BCUT2D eigenvalue weighted by atomic mass is 16.5. The first kappa shape index (κ1) is 36.8. The minimum atomic E-state index is -0.914. The predicted octanol–water partition coefficient (Wildman–Crippen LogP) is 5.60. The van der Waals surface area contributed by atoms with E-state index in [4.69, 9.17) is 4.74 Å². The molecule has 0 bridgehead atoms. The van der Waals surface area contributed by atoms with Gasteiger partial charge in [0.1, 0.15) is 0 Å². The van der Waals surface area contributed by atoms with E-state index >= 15 is 0 Å². The summed E-state index contributed by atoms with van der Waals surface area (Å²) in [5, 5.41) is 53.1. The number of aliphatic hydroxyl groups is 4. The second-order valence-electron chi connectivity index (χ2n) is 12.9. The molecule has 13 atom stereocenters. The first-order valence-corrected chi connectivity index (χ1v) is 15.6. The minimum absolute atomic E-state index is 0.0376. The summed E-state index contributed by atoms with van der Waals surface area (Å²) in [5.74, 6) is -2.17. The summed E-state index contributed by atoms with van der Waals surface area (Å²) in [5.41, 5.74) is 0.983. The fraction of sp³-hybridized carbons (Fsp3) is 0.848. The highest BCUT2D eigenvalue weighted by Gasteiger charge is 2.41. The van der Waals surface area contributed by atoms with E-state index in [-0.39, 0.29) is 23.9 Å². The summed E-state index contributed by atoms with van der Waals surface area (Å²) in [6.45, 7) is 17.5. The third kappa shape index (κ3) is 10.9. The molecule has 0 saturated carbocycles. The molecule has 4 unspecified atom stereocenters. The van der Waals surface area contributed by atoms with E-state index in [1.807, 2.05) is 32.9 Å². The molecule has 1 heterocycles. The van der Waals surface area contributed by atoms with Crippen LogP contribution in [0.2, 0.25) is 0 Å². The molecule has 7 nitrogen and oxygen atoms in total. The number of allylic oxidation sites excluding steroid dienone is 2. The van der Waals surface area contributed by atoms with E-state index in [1.165, 1.54) is 0 Å². The van der Waals surface area contributed by atoms with Crippen molar-refractivity contribution in [2.45, 2.75) is 137 Å². The van der Waals surface area contributed by atoms with Crippen LogP contribution in [0.4, 0.5) is 0 Å². The molecule has 0 aromatic carbocycles. The second kappa shape index (κ2) is 17.6. The van der Waals surface area contributed by atoms with Gasteiger partial charge >= 0.3 is 5.97 Å². The molecule has 40 heavy (non-hydrogen) atoms. The van der Waals surface area contributed by atoms with Crippen molar-refractivity contribution in [3.63, 3.8) is 0 Å². The number of carbonyl (C=O) groups is 1. The van der Waals surface area contributed by atoms with Gasteiger partial charge in [-0.05, 0) is 63.4 Å². The van der Waals surface area contributed by atoms with E-state index in [2.05, 4.69) is 26.8 Å². The number of hydrogen-bond acceptors (Lipinski definition) is 6. The van der Waals surface area contributed by atoms with Crippen molar-refractivity contribution >= 4 is 5.97 Å². The molecule has 234 valence electrons. The summed E-state index contributed by atoms with van der Waals surface area (Å²) < 4.78 is 6.19. The Kier molecular flexibility index (Phi) is 16.2. The molecule has 0 aromatic rings. The third-order valence-corrected chi connectivity index (χ3v) is 9.35. The van der Waals surface area contributed by atoms with Gasteiger partial charge in [0.2, 0.25) is 0 Å². The smallest absolute Gasteiger partial charge is 0.308 e. The van der Waals surface area contributed by atoms with E-state index in [0.717, 1.165) is 24.8 Å². The average Bonchev–Trinajstić information content (AvgIpc) is 2.92. The number of hydrogen-bond donors (Lipinski definition) is 5. The maximum absolute atomic E-state index is 11.5. The number of carboxylic acid groups (broad SMARTS) is 1. The van der Waals surface area contributed by atoms with Crippen LogP contribution in [0.5, 0.6) is 0 Å². The van der Waals surface area contributed by atoms with Crippen LogP contribution in [0.1, 0.15) is 101 Å². The number of aliphatic carboxylic acids is 1. The van der Waals surface area contributed by atoms with Crippen LogP contribution in [-0.4, -0.2) is 68.1 Å². The van der Waals surface area contributed by atoms with Crippen LogP contribution in [0.3, 0.4) is 0 Å². The predicted molar refractivity (Wildman–Crippen MR) is 161 cm³/mol. The first-order chi connectivity index (χ1) is 18.6. The molecule has 1 aliphatic heterocycles. The van der Waals surface area contributed by atoms with Gasteiger partial charge in [-0.3, -0.25) is 4.79 Å². The summed E-state index contributed by atoms with van der Waals surface area (Å²) in [7, 11) is 0. The fourth-order valence-electron chi connectivity index (χ4n) is 6.19. The van der Waals surface area contributed by atoms with Crippen LogP contribution >= 0.6 is 0 Å². The van der Waals surface area contributed by atoms with Crippen molar-refractivity contribution in [3.8, 4) is 0 Å². The van der Waals surface area contributed by atoms with E-state index in [0.29, 0.717) is 25.2 Å². The Labute approximate surface area is 243 Å². The molecule has 0 aliphatic carbocycles. The lowest BCUT2D eigenvalue weighted by Gasteiger charge is -2.43. The molecule has 5 N–H and O–H groups in total. The van der Waals surface area contributed by atoms with Gasteiger partial charge in [0.15, 0.2) is 0 Å². The lowest BCUT2D eigenvalue weighted by atomic mass is 9.76. The summed E-state index contributed by atoms with van der Waals surface area (Å²) in [6, 6.07) is 0. The maximum atomic E-state index is 11.5. The van der Waals surface area contributed by atoms with Gasteiger partial charge in [-0.2, -0.15) is 0 Å². The molecule has 1 rings (SSSR count). The Hall–Kier alpha value is -1.25. The molecular weight excluding hydrogens is 508 g/mol. The number of carboxylic acids is 1. The lowest BCUT2D eigenvalue weighted by molar-refractivity contribution is -0.169. The molecular formula is C33H60O7. The van der Waals surface area contributed by atoms with E-state index in [1.54, 1.807) is 20.8 Å². The highest BCUT2D eigenvalue weighted by molar-refractivity contribution is 5.70. The van der Waals surface area contributed by atoms with Crippen LogP contribution in [0, 0.1) is 41.4 Å². The van der Waals surface area contributed by atoms with Crippen molar-refractivity contribution in [1.82, 2.24) is 0 Å². The fourth-order valence-corrected chi connectivity index (χ4v) is 6.19. The Morgan fingerprint density at radius 1 is 0.950 bits per heavy atom. The van der Waals surface area contributed by atoms with Crippen LogP contribution in [0.25, 0.3) is 0 Å². The van der Waals surface area contributed by atoms with Crippen LogP contribution in [0.15, 0.2) is 23.8 Å². The minimum Gasteiger partial charge on any atom is -0.481 e. The Morgan fingerprint density at radius 2 is 1.57 bits per heavy atom. The van der Waals surface area contributed by atoms with Crippen molar-refractivity contribution in [2.24, 2.45) is 41.4 Å². The number of rotatable bonds is 17. The molecule has 1 aliphatic rings. The van der Waals surface area contributed by atoms with Crippen LogP contribution < -0.4 is 0 Å². The standard InChI is InChI=1S/C33H60O7/c1-10-13-19(2)18-22(5)29(35)20(3)14-11-12-15-27(34)23(6)30(36)25(8)31(37)26(9)32-21(4)16-17-28(40-32)24(7)33(38)39/h11,14,18-21,23-32,34-37H,10,12-13,15-17H2,1-9H3,(H,38,39)/b14-11+,22-18+/t19-,20+,21-,23?,24?,25+,26-,27?,28-,29+,30+,31?,32+/m0/s1. The van der Waals surface area contributed by atoms with Gasteiger partial charge in [-0.1, -0.05) is 73.1 Å². The van der Waals surface area contributed by atoms with Gasteiger partial charge in [-0.25, -0.2) is 0 Å². The summed E-state index contributed by atoms with van der Waals surface area (Å²) in [4.78, 5) is 11.5. The van der Waals surface area contributed by atoms with Gasteiger partial charge in [0, 0.05) is 23.7 Å². The van der Waals surface area contributed by atoms with E-state index < -0.39 is 54.2 Å². The Balaban J connectivity index is 2.66. The Morgan fingerprint density at radius 3 is 2.15 bits per heavy atom. The maximum Gasteiger partial charge on any atom is 0.308 e. The summed E-state index contributed by atoms with van der Waals surface area (Å²) >= 11 is 0. The number of ether oxygens (including phenoxy) is 1. The largest absolute Gasteiger partial charge is 0.481 e. The quantitative estimate of drug-likeness (QED) is 0.145. The molecule has 0 aromatic heterocycles. The average molecular weight is 569 g/mol. The van der Waals surface area contributed by atoms with Gasteiger partial charge < -0.3 is 30.3 Å². The highest BCUT2D eigenvalue weighted by Crippen LogP contribution is 2.36. The lowest BCUT2D eigenvalue weighted by Crippen LogP contribution is -2.49. The van der Waals surface area contributed by atoms with Gasteiger partial charge in [0.05, 0.1) is 42.5 Å². The summed E-state index contributed by atoms with van der Waals surface area (Å²) in [6.07, 6.45) is 7.17. The van der Waals surface area contributed by atoms with Crippen molar-refractivity contribution in [1.29, 1.82) is 0 Å². The number of aliphatic hydroxyl groups excluding tert-OH is 4. The molecule has 0 amide bonds. The SMILES string of the molecule is CCC[C@H](C)/C=C(\C)[C@H](O)[C@H](C)/C=C/CCC(O)C(C)[C@@H](O)[C@@H](C)C(O)[C@H](C)[C@@H]1O[C@H](C(C)C(=O)O)CC[C@@H]1C. The van der Waals surface area contributed by atoms with Crippen molar-refractivity contribution in [2.75, 3.05) is 0 Å². The molecule has 1 saturated heterocycles. The zero-order chi connectivity index (χ0) is 30.7. The van der Waals surface area contributed by atoms with Crippen molar-refractivity contribution in [3.05, 3.63) is 23.8 Å². The third-order valence-electron chi connectivity index (χ3n) is 9.35. The monoisotopic (exact) mass is 568 g/mol. The zero-order valence-corrected chi connectivity index (χ0v) is 26.5. The van der Waals surface area contributed by atoms with Gasteiger partial charge in [-0.15, -0.1) is 0 Å². The van der Waals surface area contributed by atoms with Crippen molar-refractivity contribution < 1.29 is 35.1 Å². The molecule has 7 heteroatoms. The Bertz CT molecular complexity index is 796. The van der Waals surface area contributed by atoms with E-state index in [9.17, 15) is 30.3 Å². The topological polar surface area (TPSA) is 127 Å². The second-order valence-corrected chi connectivity index (χ2v) is 12.9. The van der Waals surface area contributed by atoms with Crippen LogP contribution in [-0.2, 0) is 9.53 Å². The van der Waals surface area contributed by atoms with Gasteiger partial charge in [0.25, 0.3) is 0 Å². The first-order valence-electron chi connectivity index (χ1n) is 15.6.